The third-order valence-electron chi connectivity index (χ3n) is 5.19. The van der Waals surface area contributed by atoms with Gasteiger partial charge in [0.15, 0.2) is 5.69 Å². The summed E-state index contributed by atoms with van der Waals surface area (Å²) >= 11 is 0. The molecular weight excluding hydrogens is 357 g/mol. The average molecular weight is 380 g/mol. The number of halogens is 2. The monoisotopic (exact) mass is 379 g/mol. The summed E-state index contributed by atoms with van der Waals surface area (Å²) in [6.45, 7) is 4.44. The Kier molecular flexibility index (Phi) is 5.58. The van der Waals surface area contributed by atoms with Gasteiger partial charge in [0.25, 0.3) is 5.91 Å². The maximum atomic E-state index is 13.5. The number of rotatable bonds is 2. The van der Waals surface area contributed by atoms with Crippen LogP contribution in [0.2, 0.25) is 0 Å². The molecule has 1 aromatic carbocycles. The van der Waals surface area contributed by atoms with Crippen LogP contribution in [-0.2, 0) is 6.42 Å². The summed E-state index contributed by atoms with van der Waals surface area (Å²) in [5, 5.41) is 11.8. The topological polar surface area (TPSA) is 63.1 Å². The Bertz CT molecular complexity index is 803. The molecule has 2 aliphatic rings. The number of anilines is 1. The first-order valence-electron chi connectivity index (χ1n) is 8.88. The second-order valence-corrected chi connectivity index (χ2v) is 6.78. The maximum Gasteiger partial charge on any atom is 0.280 e. The SMILES string of the molecule is Cc1c(C(=O)N2CCCc3cc(F)ccc32)nnn1C1CCNCC1.Cl. The van der Waals surface area contributed by atoms with Crippen molar-refractivity contribution in [2.75, 3.05) is 24.5 Å². The predicted octanol–water partition coefficient (Wildman–Crippen LogP) is 2.66. The van der Waals surface area contributed by atoms with Gasteiger partial charge in [0.2, 0.25) is 0 Å². The predicted molar refractivity (Wildman–Crippen MR) is 99.5 cm³/mol. The summed E-state index contributed by atoms with van der Waals surface area (Å²) in [7, 11) is 0. The van der Waals surface area contributed by atoms with Gasteiger partial charge in [-0.25, -0.2) is 9.07 Å². The molecule has 0 radical (unpaired) electrons. The maximum absolute atomic E-state index is 13.5. The number of amides is 1. The van der Waals surface area contributed by atoms with Gasteiger partial charge >= 0.3 is 0 Å². The van der Waals surface area contributed by atoms with Crippen LogP contribution in [0.1, 0.15) is 47.1 Å². The van der Waals surface area contributed by atoms with E-state index in [1.54, 1.807) is 11.0 Å². The molecule has 2 aromatic rings. The molecule has 8 heteroatoms. The van der Waals surface area contributed by atoms with E-state index in [0.29, 0.717) is 12.2 Å². The molecule has 1 aromatic heterocycles. The zero-order valence-electron chi connectivity index (χ0n) is 14.7. The molecule has 1 N–H and O–H groups in total. The van der Waals surface area contributed by atoms with Crippen LogP contribution < -0.4 is 10.2 Å². The number of hydrogen-bond donors (Lipinski definition) is 1. The smallest absolute Gasteiger partial charge is 0.280 e. The summed E-state index contributed by atoms with van der Waals surface area (Å²) in [5.74, 6) is -0.411. The number of hydrogen-bond acceptors (Lipinski definition) is 4. The summed E-state index contributed by atoms with van der Waals surface area (Å²) in [4.78, 5) is 14.8. The van der Waals surface area contributed by atoms with Crippen LogP contribution in [0.4, 0.5) is 10.1 Å². The fourth-order valence-corrected chi connectivity index (χ4v) is 3.84. The van der Waals surface area contributed by atoms with Gasteiger partial charge in [-0.2, -0.15) is 0 Å². The van der Waals surface area contributed by atoms with Crippen molar-refractivity contribution in [3.05, 3.63) is 41.0 Å². The Labute approximate surface area is 158 Å². The number of carbonyl (C=O) groups excluding carboxylic acids is 1. The van der Waals surface area contributed by atoms with Crippen molar-refractivity contribution in [3.8, 4) is 0 Å². The third kappa shape index (κ3) is 3.33. The Balaban J connectivity index is 0.00000196. The van der Waals surface area contributed by atoms with Crippen LogP contribution in [0, 0.1) is 12.7 Å². The molecule has 4 rings (SSSR count). The van der Waals surface area contributed by atoms with E-state index in [1.165, 1.54) is 12.1 Å². The first-order chi connectivity index (χ1) is 12.1. The van der Waals surface area contributed by atoms with Crippen molar-refractivity contribution in [2.24, 2.45) is 0 Å². The standard InChI is InChI=1S/C18H22FN5O.ClH/c1-12-17(21-22-24(12)15-6-8-20-9-7-15)18(25)23-10-2-3-13-11-14(19)4-5-16(13)23;/h4-5,11,15,20H,2-3,6-10H2,1H3;1H. The molecule has 140 valence electrons. The van der Waals surface area contributed by atoms with E-state index >= 15 is 0 Å². The van der Waals surface area contributed by atoms with Crippen molar-refractivity contribution in [2.45, 2.75) is 38.6 Å². The number of aryl methyl sites for hydroxylation is 1. The Morgan fingerprint density at radius 1 is 1.31 bits per heavy atom. The number of nitrogens with one attached hydrogen (secondary N) is 1. The zero-order chi connectivity index (χ0) is 17.4. The van der Waals surface area contributed by atoms with Crippen LogP contribution in [0.15, 0.2) is 18.2 Å². The molecule has 1 saturated heterocycles. The lowest BCUT2D eigenvalue weighted by atomic mass is 10.0. The number of aromatic nitrogens is 3. The van der Waals surface area contributed by atoms with Gasteiger partial charge in [-0.1, -0.05) is 5.21 Å². The lowest BCUT2D eigenvalue weighted by Crippen LogP contribution is -2.36. The molecule has 2 aliphatic heterocycles. The lowest BCUT2D eigenvalue weighted by molar-refractivity contribution is 0.0979. The van der Waals surface area contributed by atoms with Crippen molar-refractivity contribution in [3.63, 3.8) is 0 Å². The van der Waals surface area contributed by atoms with E-state index in [4.69, 9.17) is 0 Å². The Morgan fingerprint density at radius 2 is 2.08 bits per heavy atom. The molecule has 0 saturated carbocycles. The van der Waals surface area contributed by atoms with Crippen LogP contribution in [0.3, 0.4) is 0 Å². The van der Waals surface area contributed by atoms with Gasteiger partial charge in [0, 0.05) is 12.2 Å². The van der Waals surface area contributed by atoms with E-state index < -0.39 is 0 Å². The number of carbonyl (C=O) groups is 1. The summed E-state index contributed by atoms with van der Waals surface area (Å²) < 4.78 is 15.4. The van der Waals surface area contributed by atoms with E-state index in [9.17, 15) is 9.18 Å². The minimum absolute atomic E-state index is 0. The number of piperidine rings is 1. The number of nitrogens with zero attached hydrogens (tertiary/aromatic N) is 4. The normalized spacial score (nSPS) is 17.5. The summed E-state index contributed by atoms with van der Waals surface area (Å²) in [6, 6.07) is 4.91. The molecule has 26 heavy (non-hydrogen) atoms. The summed E-state index contributed by atoms with van der Waals surface area (Å²) in [5.41, 5.74) is 2.87. The second-order valence-electron chi connectivity index (χ2n) is 6.78. The summed E-state index contributed by atoms with van der Waals surface area (Å²) in [6.07, 6.45) is 3.59. The second kappa shape index (κ2) is 7.72. The van der Waals surface area contributed by atoms with Gasteiger partial charge in [-0.05, 0) is 69.5 Å². The van der Waals surface area contributed by atoms with E-state index in [1.807, 2.05) is 11.6 Å². The van der Waals surface area contributed by atoms with Crippen molar-refractivity contribution >= 4 is 24.0 Å². The lowest BCUT2D eigenvalue weighted by Gasteiger charge is -2.29. The highest BCUT2D eigenvalue weighted by Crippen LogP contribution is 2.29. The highest BCUT2D eigenvalue weighted by atomic mass is 35.5. The first-order valence-corrected chi connectivity index (χ1v) is 8.88. The average Bonchev–Trinajstić information content (AvgIpc) is 3.02. The van der Waals surface area contributed by atoms with Crippen molar-refractivity contribution in [1.82, 2.24) is 20.3 Å². The van der Waals surface area contributed by atoms with Crippen LogP contribution in [0.5, 0.6) is 0 Å². The van der Waals surface area contributed by atoms with Gasteiger partial charge in [0.05, 0.1) is 11.7 Å². The van der Waals surface area contributed by atoms with Gasteiger partial charge in [-0.15, -0.1) is 17.5 Å². The van der Waals surface area contributed by atoms with Gasteiger partial charge < -0.3 is 10.2 Å². The molecule has 1 amide bonds. The van der Waals surface area contributed by atoms with Gasteiger partial charge in [0.1, 0.15) is 5.82 Å². The molecule has 0 aliphatic carbocycles. The fourth-order valence-electron chi connectivity index (χ4n) is 3.84. The van der Waals surface area contributed by atoms with E-state index in [2.05, 4.69) is 15.6 Å². The van der Waals surface area contributed by atoms with Crippen molar-refractivity contribution in [1.29, 1.82) is 0 Å². The molecule has 0 spiro atoms. The number of fused-ring (bicyclic) bond motifs is 1. The van der Waals surface area contributed by atoms with Gasteiger partial charge in [-0.3, -0.25) is 4.79 Å². The Morgan fingerprint density at radius 3 is 2.85 bits per heavy atom. The van der Waals surface area contributed by atoms with Crippen LogP contribution in [0.25, 0.3) is 0 Å². The number of benzene rings is 1. The third-order valence-corrected chi connectivity index (χ3v) is 5.19. The molecule has 1 fully saturated rings. The molecule has 0 unspecified atom stereocenters. The highest BCUT2D eigenvalue weighted by molar-refractivity contribution is 6.06. The largest absolute Gasteiger partial charge is 0.317 e. The molecule has 0 bridgehead atoms. The van der Waals surface area contributed by atoms with E-state index in [0.717, 1.165) is 55.7 Å². The first kappa shape index (κ1) is 18.8. The minimum atomic E-state index is -0.263. The Hall–Kier alpha value is -1.99. The molecular formula is C18H23ClFN5O. The van der Waals surface area contributed by atoms with Crippen LogP contribution in [-0.4, -0.2) is 40.5 Å². The van der Waals surface area contributed by atoms with Crippen LogP contribution >= 0.6 is 12.4 Å². The van der Waals surface area contributed by atoms with Crippen molar-refractivity contribution < 1.29 is 9.18 Å². The van der Waals surface area contributed by atoms with E-state index in [-0.39, 0.29) is 30.2 Å². The quantitative estimate of drug-likeness (QED) is 0.871. The highest BCUT2D eigenvalue weighted by Gasteiger charge is 2.29. The minimum Gasteiger partial charge on any atom is -0.317 e. The zero-order valence-corrected chi connectivity index (χ0v) is 15.6. The molecule has 0 atom stereocenters. The molecule has 3 heterocycles. The fraction of sp³-hybridized carbons (Fsp3) is 0.500. The molecule has 6 nitrogen and oxygen atoms in total.